The maximum atomic E-state index is 12.3. The summed E-state index contributed by atoms with van der Waals surface area (Å²) >= 11 is 0. The lowest BCUT2D eigenvalue weighted by molar-refractivity contribution is -0.148. The van der Waals surface area contributed by atoms with E-state index in [1.807, 2.05) is 60.7 Å². The lowest BCUT2D eigenvalue weighted by Gasteiger charge is -2.14. The van der Waals surface area contributed by atoms with Crippen LogP contribution in [0.3, 0.4) is 0 Å². The van der Waals surface area contributed by atoms with Gasteiger partial charge in [-0.3, -0.25) is 4.79 Å². The lowest BCUT2D eigenvalue weighted by Crippen LogP contribution is -2.23. The van der Waals surface area contributed by atoms with Gasteiger partial charge in [0.05, 0.1) is 5.41 Å². The molecule has 2 aromatic rings. The van der Waals surface area contributed by atoms with Crippen LogP contribution in [0.4, 0.5) is 0 Å². The predicted octanol–water partition coefficient (Wildman–Crippen LogP) is 3.46. The zero-order valence-electron chi connectivity index (χ0n) is 10.7. The Bertz CT molecular complexity index is 556. The van der Waals surface area contributed by atoms with E-state index in [-0.39, 0.29) is 11.4 Å². The molecule has 1 aliphatic carbocycles. The SMILES string of the molecule is O=C(OCc1ccccc1)C1(c2ccccc2)CC1. The largest absolute Gasteiger partial charge is 0.460 e. The Balaban J connectivity index is 1.68. The van der Waals surface area contributed by atoms with E-state index >= 15 is 0 Å². The first-order valence-electron chi connectivity index (χ1n) is 6.58. The molecular weight excluding hydrogens is 236 g/mol. The third kappa shape index (κ3) is 2.39. The zero-order chi connectivity index (χ0) is 13.1. The van der Waals surface area contributed by atoms with Gasteiger partial charge in [0, 0.05) is 0 Å². The van der Waals surface area contributed by atoms with E-state index in [9.17, 15) is 4.79 Å². The fourth-order valence-corrected chi connectivity index (χ4v) is 2.35. The molecule has 0 radical (unpaired) electrons. The minimum Gasteiger partial charge on any atom is -0.460 e. The van der Waals surface area contributed by atoms with Gasteiger partial charge in [-0.05, 0) is 24.0 Å². The van der Waals surface area contributed by atoms with Gasteiger partial charge in [0.2, 0.25) is 0 Å². The molecule has 0 heterocycles. The summed E-state index contributed by atoms with van der Waals surface area (Å²) in [6.07, 6.45) is 1.79. The highest BCUT2D eigenvalue weighted by molar-refractivity contribution is 5.86. The van der Waals surface area contributed by atoms with Crippen molar-refractivity contribution in [2.45, 2.75) is 24.9 Å². The summed E-state index contributed by atoms with van der Waals surface area (Å²) in [6.45, 7) is 0.355. The molecule has 0 unspecified atom stereocenters. The number of rotatable bonds is 4. The smallest absolute Gasteiger partial charge is 0.316 e. The van der Waals surface area contributed by atoms with Crippen LogP contribution in [0.5, 0.6) is 0 Å². The summed E-state index contributed by atoms with van der Waals surface area (Å²) in [5.74, 6) is -0.0949. The standard InChI is InChI=1S/C17H16O2/c18-16(19-13-14-7-3-1-4-8-14)17(11-12-17)15-9-5-2-6-10-15/h1-10H,11-13H2. The van der Waals surface area contributed by atoms with Gasteiger partial charge in [0.1, 0.15) is 6.61 Å². The average Bonchev–Trinajstić information content (AvgIpc) is 3.28. The molecule has 0 aromatic heterocycles. The predicted molar refractivity (Wildman–Crippen MR) is 73.6 cm³/mol. The topological polar surface area (TPSA) is 26.3 Å². The van der Waals surface area contributed by atoms with Gasteiger partial charge < -0.3 is 4.74 Å². The van der Waals surface area contributed by atoms with Crippen LogP contribution >= 0.6 is 0 Å². The van der Waals surface area contributed by atoms with Crippen LogP contribution in [-0.2, 0) is 21.6 Å². The van der Waals surface area contributed by atoms with Crippen LogP contribution in [0.25, 0.3) is 0 Å². The summed E-state index contributed by atoms with van der Waals surface area (Å²) in [4.78, 5) is 12.3. The number of hydrogen-bond acceptors (Lipinski definition) is 2. The molecule has 0 aliphatic heterocycles. The van der Waals surface area contributed by atoms with E-state index in [4.69, 9.17) is 4.74 Å². The van der Waals surface area contributed by atoms with Crippen LogP contribution in [-0.4, -0.2) is 5.97 Å². The first-order valence-corrected chi connectivity index (χ1v) is 6.58. The van der Waals surface area contributed by atoms with Gasteiger partial charge in [-0.1, -0.05) is 60.7 Å². The lowest BCUT2D eigenvalue weighted by atomic mass is 9.96. The van der Waals surface area contributed by atoms with E-state index in [1.165, 1.54) is 0 Å². The van der Waals surface area contributed by atoms with Gasteiger partial charge in [0.15, 0.2) is 0 Å². The van der Waals surface area contributed by atoms with Crippen LogP contribution in [0.1, 0.15) is 24.0 Å². The molecule has 0 atom stereocenters. The van der Waals surface area contributed by atoms with E-state index in [0.29, 0.717) is 6.61 Å². The van der Waals surface area contributed by atoms with Crippen LogP contribution < -0.4 is 0 Å². The van der Waals surface area contributed by atoms with Gasteiger partial charge in [-0.15, -0.1) is 0 Å². The van der Waals surface area contributed by atoms with Gasteiger partial charge in [-0.2, -0.15) is 0 Å². The minimum atomic E-state index is -0.379. The minimum absolute atomic E-state index is 0.0949. The summed E-state index contributed by atoms with van der Waals surface area (Å²) < 4.78 is 5.47. The van der Waals surface area contributed by atoms with Crippen LogP contribution in [0.2, 0.25) is 0 Å². The molecule has 0 spiro atoms. The first-order chi connectivity index (χ1) is 9.31. The Kier molecular flexibility index (Phi) is 3.08. The van der Waals surface area contributed by atoms with E-state index in [2.05, 4.69) is 0 Å². The van der Waals surface area contributed by atoms with Crippen molar-refractivity contribution >= 4 is 5.97 Å². The number of carbonyl (C=O) groups is 1. The molecule has 2 aromatic carbocycles. The number of benzene rings is 2. The Labute approximate surface area is 113 Å². The molecule has 0 saturated heterocycles. The third-order valence-corrected chi connectivity index (χ3v) is 3.68. The fourth-order valence-electron chi connectivity index (χ4n) is 2.35. The Morgan fingerprint density at radius 2 is 1.53 bits per heavy atom. The highest BCUT2D eigenvalue weighted by atomic mass is 16.5. The molecule has 1 aliphatic rings. The van der Waals surface area contributed by atoms with Crippen LogP contribution in [0, 0.1) is 0 Å². The number of ether oxygens (including phenoxy) is 1. The van der Waals surface area contributed by atoms with Crippen molar-refractivity contribution in [1.82, 2.24) is 0 Å². The molecular formula is C17H16O2. The van der Waals surface area contributed by atoms with Gasteiger partial charge >= 0.3 is 5.97 Å². The molecule has 96 valence electrons. The maximum Gasteiger partial charge on any atom is 0.316 e. The first kappa shape index (κ1) is 12.0. The summed E-state index contributed by atoms with van der Waals surface area (Å²) in [6, 6.07) is 19.7. The maximum absolute atomic E-state index is 12.3. The third-order valence-electron chi connectivity index (χ3n) is 3.68. The van der Waals surface area contributed by atoms with E-state index in [0.717, 1.165) is 24.0 Å². The van der Waals surface area contributed by atoms with Crippen molar-refractivity contribution < 1.29 is 9.53 Å². The van der Waals surface area contributed by atoms with Crippen molar-refractivity contribution in [2.75, 3.05) is 0 Å². The fraction of sp³-hybridized carbons (Fsp3) is 0.235. The Morgan fingerprint density at radius 3 is 2.11 bits per heavy atom. The van der Waals surface area contributed by atoms with Gasteiger partial charge in [-0.25, -0.2) is 0 Å². The van der Waals surface area contributed by atoms with Crippen molar-refractivity contribution in [2.24, 2.45) is 0 Å². The Hall–Kier alpha value is -2.09. The van der Waals surface area contributed by atoms with Crippen molar-refractivity contribution in [1.29, 1.82) is 0 Å². The van der Waals surface area contributed by atoms with Crippen molar-refractivity contribution in [3.05, 3.63) is 71.8 Å². The number of hydrogen-bond donors (Lipinski definition) is 0. The average molecular weight is 252 g/mol. The Morgan fingerprint density at radius 1 is 0.947 bits per heavy atom. The second-order valence-corrected chi connectivity index (χ2v) is 5.01. The second kappa shape index (κ2) is 4.88. The molecule has 1 fully saturated rings. The summed E-state index contributed by atoms with van der Waals surface area (Å²) in [5, 5.41) is 0. The monoisotopic (exact) mass is 252 g/mol. The molecule has 19 heavy (non-hydrogen) atoms. The normalized spacial score (nSPS) is 15.8. The summed E-state index contributed by atoms with van der Waals surface area (Å²) in [5.41, 5.74) is 1.73. The molecule has 0 N–H and O–H groups in total. The highest BCUT2D eigenvalue weighted by Crippen LogP contribution is 2.49. The molecule has 0 bridgehead atoms. The summed E-state index contributed by atoms with van der Waals surface area (Å²) in [7, 11) is 0. The molecule has 2 heteroatoms. The number of esters is 1. The molecule has 2 nitrogen and oxygen atoms in total. The van der Waals surface area contributed by atoms with E-state index < -0.39 is 0 Å². The van der Waals surface area contributed by atoms with E-state index in [1.54, 1.807) is 0 Å². The van der Waals surface area contributed by atoms with Crippen LogP contribution in [0.15, 0.2) is 60.7 Å². The molecule has 0 amide bonds. The highest BCUT2D eigenvalue weighted by Gasteiger charge is 2.52. The molecule has 1 saturated carbocycles. The van der Waals surface area contributed by atoms with Crippen molar-refractivity contribution in [3.8, 4) is 0 Å². The number of carbonyl (C=O) groups excluding carboxylic acids is 1. The zero-order valence-corrected chi connectivity index (χ0v) is 10.7. The van der Waals surface area contributed by atoms with Crippen molar-refractivity contribution in [3.63, 3.8) is 0 Å². The second-order valence-electron chi connectivity index (χ2n) is 5.01. The van der Waals surface area contributed by atoms with Gasteiger partial charge in [0.25, 0.3) is 0 Å². The molecule has 3 rings (SSSR count). The quantitative estimate of drug-likeness (QED) is 0.779.